The van der Waals surface area contributed by atoms with Gasteiger partial charge in [0.2, 0.25) is 0 Å². The van der Waals surface area contributed by atoms with Crippen molar-refractivity contribution in [2.75, 3.05) is 38.3 Å². The van der Waals surface area contributed by atoms with Gasteiger partial charge in [-0.3, -0.25) is 0 Å². The number of hydrogen-bond acceptors (Lipinski definition) is 4. The summed E-state index contributed by atoms with van der Waals surface area (Å²) in [5.41, 5.74) is 1.29. The van der Waals surface area contributed by atoms with E-state index in [0.29, 0.717) is 0 Å². The van der Waals surface area contributed by atoms with E-state index in [1.54, 1.807) is 0 Å². The first-order valence-corrected chi connectivity index (χ1v) is 7.74. The van der Waals surface area contributed by atoms with Crippen molar-refractivity contribution in [1.29, 1.82) is 0 Å². The van der Waals surface area contributed by atoms with Crippen LogP contribution in [0.2, 0.25) is 0 Å². The summed E-state index contributed by atoms with van der Waals surface area (Å²) in [5, 5.41) is 3.42. The van der Waals surface area contributed by atoms with Crippen LogP contribution in [0.15, 0.2) is 18.3 Å². The second-order valence-corrected chi connectivity index (χ2v) is 5.64. The first-order chi connectivity index (χ1) is 9.79. The molecule has 1 fully saturated rings. The summed E-state index contributed by atoms with van der Waals surface area (Å²) in [4.78, 5) is 6.60. The Morgan fingerprint density at radius 1 is 1.45 bits per heavy atom. The molecule has 0 radical (unpaired) electrons. The fraction of sp³-hybridized carbons (Fsp3) is 0.688. The minimum atomic E-state index is 0.785. The Balaban J connectivity index is 1.72. The molecule has 1 aromatic rings. The summed E-state index contributed by atoms with van der Waals surface area (Å²) in [6.07, 6.45) is 5.75. The zero-order valence-electron chi connectivity index (χ0n) is 12.8. The maximum absolute atomic E-state index is 5.68. The van der Waals surface area contributed by atoms with Crippen molar-refractivity contribution in [2.45, 2.75) is 32.7 Å². The van der Waals surface area contributed by atoms with Gasteiger partial charge < -0.3 is 15.0 Å². The summed E-state index contributed by atoms with van der Waals surface area (Å²) < 4.78 is 5.68. The summed E-state index contributed by atoms with van der Waals surface area (Å²) in [6, 6.07) is 4.23. The quantitative estimate of drug-likeness (QED) is 0.667. The number of aromatic nitrogens is 1. The first kappa shape index (κ1) is 15.3. The number of nitrogens with zero attached hydrogens (tertiary/aromatic N) is 2. The minimum absolute atomic E-state index is 0.785. The van der Waals surface area contributed by atoms with Crippen LogP contribution in [0.4, 0.5) is 5.82 Å². The van der Waals surface area contributed by atoms with E-state index in [9.17, 15) is 0 Å². The molecule has 0 aliphatic heterocycles. The largest absolute Gasteiger partial charge is 0.379 e. The SMILES string of the molecule is CCCNCc1ccnc(N(C)CCOCC2CC2)c1. The van der Waals surface area contributed by atoms with E-state index in [0.717, 1.165) is 51.0 Å². The zero-order chi connectivity index (χ0) is 14.2. The monoisotopic (exact) mass is 277 g/mol. The number of rotatable bonds is 10. The third-order valence-electron chi connectivity index (χ3n) is 3.58. The third-order valence-corrected chi connectivity index (χ3v) is 3.58. The lowest BCUT2D eigenvalue weighted by atomic mass is 10.2. The standard InChI is InChI=1S/C16H27N3O/c1-3-7-17-12-15-6-8-18-16(11-15)19(2)9-10-20-13-14-4-5-14/h6,8,11,14,17H,3-5,7,9-10,12-13H2,1-2H3. The van der Waals surface area contributed by atoms with Gasteiger partial charge in [0.1, 0.15) is 5.82 Å². The summed E-state index contributed by atoms with van der Waals surface area (Å²) in [6.45, 7) is 6.76. The molecule has 0 saturated heterocycles. The maximum atomic E-state index is 5.68. The Morgan fingerprint density at radius 2 is 2.30 bits per heavy atom. The van der Waals surface area contributed by atoms with Gasteiger partial charge in [-0.15, -0.1) is 0 Å². The molecule has 0 atom stereocenters. The van der Waals surface area contributed by atoms with E-state index in [-0.39, 0.29) is 0 Å². The van der Waals surface area contributed by atoms with Crippen molar-refractivity contribution in [3.8, 4) is 0 Å². The lowest BCUT2D eigenvalue weighted by molar-refractivity contribution is 0.131. The van der Waals surface area contributed by atoms with E-state index >= 15 is 0 Å². The molecule has 1 saturated carbocycles. The predicted molar refractivity (Wildman–Crippen MR) is 83.0 cm³/mol. The van der Waals surface area contributed by atoms with Gasteiger partial charge in [0.05, 0.1) is 6.61 Å². The van der Waals surface area contributed by atoms with Gasteiger partial charge in [-0.2, -0.15) is 0 Å². The highest BCUT2D eigenvalue weighted by molar-refractivity contribution is 5.39. The van der Waals surface area contributed by atoms with E-state index in [2.05, 4.69) is 41.3 Å². The van der Waals surface area contributed by atoms with E-state index < -0.39 is 0 Å². The third kappa shape index (κ3) is 5.47. The molecular weight excluding hydrogens is 250 g/mol. The molecule has 1 aliphatic carbocycles. The molecule has 4 nitrogen and oxygen atoms in total. The lowest BCUT2D eigenvalue weighted by Gasteiger charge is -2.18. The Bertz CT molecular complexity index is 393. The Hall–Kier alpha value is -1.13. The molecule has 4 heteroatoms. The molecule has 112 valence electrons. The van der Waals surface area contributed by atoms with Gasteiger partial charge in [-0.25, -0.2) is 4.98 Å². The van der Waals surface area contributed by atoms with Gasteiger partial charge >= 0.3 is 0 Å². The molecule has 20 heavy (non-hydrogen) atoms. The number of nitrogens with one attached hydrogen (secondary N) is 1. The second kappa shape index (κ2) is 8.22. The number of ether oxygens (including phenoxy) is 1. The van der Waals surface area contributed by atoms with E-state index in [1.165, 1.54) is 18.4 Å². The van der Waals surface area contributed by atoms with Crippen LogP contribution in [0, 0.1) is 5.92 Å². The highest BCUT2D eigenvalue weighted by Gasteiger charge is 2.20. The summed E-state index contributed by atoms with van der Waals surface area (Å²) in [7, 11) is 2.08. The van der Waals surface area contributed by atoms with Crippen molar-refractivity contribution in [2.24, 2.45) is 5.92 Å². The Morgan fingerprint density at radius 3 is 3.05 bits per heavy atom. The summed E-state index contributed by atoms with van der Waals surface area (Å²) >= 11 is 0. The van der Waals surface area contributed by atoms with Crippen LogP contribution in [0.5, 0.6) is 0 Å². The van der Waals surface area contributed by atoms with Crippen LogP contribution >= 0.6 is 0 Å². The van der Waals surface area contributed by atoms with E-state index in [1.807, 2.05) is 6.20 Å². The molecule has 0 aromatic carbocycles. The molecule has 0 bridgehead atoms. The van der Waals surface area contributed by atoms with Gasteiger partial charge in [0.25, 0.3) is 0 Å². The predicted octanol–water partition coefficient (Wildman–Crippen LogP) is 2.44. The van der Waals surface area contributed by atoms with E-state index in [4.69, 9.17) is 4.74 Å². The van der Waals surface area contributed by atoms with Crippen molar-refractivity contribution < 1.29 is 4.74 Å². The number of anilines is 1. The zero-order valence-corrected chi connectivity index (χ0v) is 12.8. The van der Waals surface area contributed by atoms with Crippen LogP contribution in [-0.2, 0) is 11.3 Å². The van der Waals surface area contributed by atoms with Crippen molar-refractivity contribution in [3.63, 3.8) is 0 Å². The van der Waals surface area contributed by atoms with Crippen molar-refractivity contribution in [1.82, 2.24) is 10.3 Å². The fourth-order valence-corrected chi connectivity index (χ4v) is 2.04. The smallest absolute Gasteiger partial charge is 0.128 e. The molecular formula is C16H27N3O. The number of likely N-dealkylation sites (N-methyl/N-ethyl adjacent to an activating group) is 1. The number of pyridine rings is 1. The topological polar surface area (TPSA) is 37.4 Å². The minimum Gasteiger partial charge on any atom is -0.379 e. The van der Waals surface area contributed by atoms with Crippen molar-refractivity contribution in [3.05, 3.63) is 23.9 Å². The fourth-order valence-electron chi connectivity index (χ4n) is 2.04. The second-order valence-electron chi connectivity index (χ2n) is 5.64. The molecule has 1 heterocycles. The molecule has 2 rings (SSSR count). The molecule has 0 spiro atoms. The lowest BCUT2D eigenvalue weighted by Crippen LogP contribution is -2.24. The van der Waals surface area contributed by atoms with Gasteiger partial charge in [0, 0.05) is 32.9 Å². The number of hydrogen-bond donors (Lipinski definition) is 1. The average molecular weight is 277 g/mol. The molecule has 1 N–H and O–H groups in total. The van der Waals surface area contributed by atoms with Crippen LogP contribution in [0.3, 0.4) is 0 Å². The van der Waals surface area contributed by atoms with Crippen LogP contribution in [0.1, 0.15) is 31.7 Å². The van der Waals surface area contributed by atoms with Gasteiger partial charge in [-0.1, -0.05) is 6.92 Å². The average Bonchev–Trinajstić information content (AvgIpc) is 3.28. The van der Waals surface area contributed by atoms with Crippen LogP contribution < -0.4 is 10.2 Å². The molecule has 0 unspecified atom stereocenters. The Kier molecular flexibility index (Phi) is 6.27. The molecule has 1 aromatic heterocycles. The van der Waals surface area contributed by atoms with Gasteiger partial charge in [-0.05, 0) is 49.4 Å². The van der Waals surface area contributed by atoms with Crippen LogP contribution in [-0.4, -0.2) is 38.3 Å². The van der Waals surface area contributed by atoms with Gasteiger partial charge in [0.15, 0.2) is 0 Å². The highest BCUT2D eigenvalue weighted by atomic mass is 16.5. The summed E-state index contributed by atoms with van der Waals surface area (Å²) in [5.74, 6) is 1.86. The first-order valence-electron chi connectivity index (χ1n) is 7.74. The van der Waals surface area contributed by atoms with Crippen molar-refractivity contribution >= 4 is 5.82 Å². The Labute approximate surface area is 122 Å². The maximum Gasteiger partial charge on any atom is 0.128 e. The molecule has 1 aliphatic rings. The normalized spacial score (nSPS) is 14.5. The molecule has 0 amide bonds. The van der Waals surface area contributed by atoms with Crippen LogP contribution in [0.25, 0.3) is 0 Å². The highest BCUT2D eigenvalue weighted by Crippen LogP contribution is 2.28.